The minimum atomic E-state index is -0.0340. The molecule has 2 aliphatic rings. The molecule has 1 saturated carbocycles. The zero-order valence-corrected chi connectivity index (χ0v) is 18.3. The Kier molecular flexibility index (Phi) is 6.73. The number of ether oxygens (including phenoxy) is 1. The van der Waals surface area contributed by atoms with E-state index < -0.39 is 0 Å². The Morgan fingerprint density at radius 2 is 1.90 bits per heavy atom. The van der Waals surface area contributed by atoms with Crippen molar-refractivity contribution in [2.45, 2.75) is 38.6 Å². The summed E-state index contributed by atoms with van der Waals surface area (Å²) in [4.78, 5) is 20.9. The molecular formula is C25H25N3O2S. The Morgan fingerprint density at radius 3 is 2.68 bits per heavy atom. The SMILES string of the molecule is C[C@@H]1CCCC[C@H]1N1C(=O)/C(=C/c2ccccc2OCC#N)SC1=Nc1ccccc1. The van der Waals surface area contributed by atoms with E-state index >= 15 is 0 Å². The molecular weight excluding hydrogens is 406 g/mol. The number of amides is 1. The minimum Gasteiger partial charge on any atom is -0.478 e. The maximum atomic E-state index is 13.5. The van der Waals surface area contributed by atoms with Crippen molar-refractivity contribution in [1.82, 2.24) is 4.90 Å². The molecule has 2 fully saturated rings. The summed E-state index contributed by atoms with van der Waals surface area (Å²) in [5.41, 5.74) is 1.62. The van der Waals surface area contributed by atoms with Gasteiger partial charge >= 0.3 is 0 Å². The van der Waals surface area contributed by atoms with Gasteiger partial charge in [0.05, 0.1) is 10.6 Å². The molecule has 2 aromatic carbocycles. The average Bonchev–Trinajstić information content (AvgIpc) is 3.08. The number of carbonyl (C=O) groups excluding carboxylic acids is 1. The molecule has 2 atom stereocenters. The van der Waals surface area contributed by atoms with E-state index in [4.69, 9.17) is 15.0 Å². The van der Waals surface area contributed by atoms with Gasteiger partial charge < -0.3 is 4.74 Å². The zero-order chi connectivity index (χ0) is 21.6. The Morgan fingerprint density at radius 1 is 1.16 bits per heavy atom. The molecule has 1 saturated heterocycles. The lowest BCUT2D eigenvalue weighted by molar-refractivity contribution is -0.124. The van der Waals surface area contributed by atoms with Gasteiger partial charge in [0.2, 0.25) is 0 Å². The second-order valence-corrected chi connectivity index (χ2v) is 8.84. The van der Waals surface area contributed by atoms with Crippen molar-refractivity contribution < 1.29 is 9.53 Å². The van der Waals surface area contributed by atoms with Gasteiger partial charge in [-0.3, -0.25) is 9.69 Å². The smallest absolute Gasteiger partial charge is 0.267 e. The van der Waals surface area contributed by atoms with Gasteiger partial charge in [-0.25, -0.2) is 4.99 Å². The van der Waals surface area contributed by atoms with Crippen molar-refractivity contribution in [3.8, 4) is 11.8 Å². The lowest BCUT2D eigenvalue weighted by Gasteiger charge is -2.35. The summed E-state index contributed by atoms with van der Waals surface area (Å²) in [6.07, 6.45) is 6.32. The van der Waals surface area contributed by atoms with Gasteiger partial charge in [0.25, 0.3) is 5.91 Å². The first-order valence-electron chi connectivity index (χ1n) is 10.6. The van der Waals surface area contributed by atoms with Crippen molar-refractivity contribution >= 4 is 34.6 Å². The van der Waals surface area contributed by atoms with E-state index in [0.717, 1.165) is 35.7 Å². The standard InChI is InChI=1S/C25H25N3O2S/c1-18-9-5-7-13-21(18)28-24(29)23(31-25(28)27-20-11-3-2-4-12-20)17-19-10-6-8-14-22(19)30-16-15-26/h2-4,6,8,10-12,14,17-18,21H,5,7,9,13,16H2,1H3/b23-17-,27-25?/t18-,21-/m1/s1. The molecule has 158 valence electrons. The van der Waals surface area contributed by atoms with Gasteiger partial charge in [-0.2, -0.15) is 5.26 Å². The van der Waals surface area contributed by atoms with Crippen molar-refractivity contribution in [1.29, 1.82) is 5.26 Å². The van der Waals surface area contributed by atoms with Crippen LogP contribution in [0.4, 0.5) is 5.69 Å². The van der Waals surface area contributed by atoms with E-state index in [9.17, 15) is 4.79 Å². The first kappa shape index (κ1) is 21.2. The monoisotopic (exact) mass is 431 g/mol. The molecule has 0 aromatic heterocycles. The van der Waals surface area contributed by atoms with E-state index in [1.54, 1.807) is 0 Å². The molecule has 0 radical (unpaired) electrons. The van der Waals surface area contributed by atoms with E-state index in [1.165, 1.54) is 18.2 Å². The molecule has 0 unspecified atom stereocenters. The zero-order valence-electron chi connectivity index (χ0n) is 17.5. The summed E-state index contributed by atoms with van der Waals surface area (Å²) in [5.74, 6) is 1.02. The fourth-order valence-electron chi connectivity index (χ4n) is 4.13. The predicted octanol–water partition coefficient (Wildman–Crippen LogP) is 5.77. The first-order valence-corrected chi connectivity index (χ1v) is 11.4. The van der Waals surface area contributed by atoms with Gasteiger partial charge in [-0.15, -0.1) is 0 Å². The molecule has 1 aliphatic carbocycles. The Labute approximate surface area is 187 Å². The summed E-state index contributed by atoms with van der Waals surface area (Å²) in [7, 11) is 0. The summed E-state index contributed by atoms with van der Waals surface area (Å²) in [6.45, 7) is 2.20. The molecule has 0 spiro atoms. The number of para-hydroxylation sites is 2. The predicted molar refractivity (Wildman–Crippen MR) is 125 cm³/mol. The van der Waals surface area contributed by atoms with Crippen LogP contribution < -0.4 is 4.74 Å². The third-order valence-electron chi connectivity index (χ3n) is 5.71. The molecule has 31 heavy (non-hydrogen) atoms. The molecule has 1 aliphatic heterocycles. The van der Waals surface area contributed by atoms with Crippen LogP contribution in [0.5, 0.6) is 5.75 Å². The molecule has 2 aromatic rings. The van der Waals surface area contributed by atoms with Gasteiger partial charge in [-0.1, -0.05) is 56.2 Å². The molecule has 0 bridgehead atoms. The van der Waals surface area contributed by atoms with Crippen molar-refractivity contribution in [2.75, 3.05) is 6.61 Å². The minimum absolute atomic E-state index is 0.00600. The van der Waals surface area contributed by atoms with Gasteiger partial charge in [-0.05, 0) is 54.8 Å². The van der Waals surface area contributed by atoms with Crippen LogP contribution in [-0.2, 0) is 4.79 Å². The second-order valence-electron chi connectivity index (χ2n) is 7.83. The van der Waals surface area contributed by atoms with Crippen LogP contribution >= 0.6 is 11.8 Å². The van der Waals surface area contributed by atoms with Gasteiger partial charge in [0.1, 0.15) is 11.8 Å². The van der Waals surface area contributed by atoms with E-state index in [1.807, 2.05) is 71.6 Å². The third-order valence-corrected chi connectivity index (χ3v) is 6.70. The summed E-state index contributed by atoms with van der Waals surface area (Å²) in [6, 6.07) is 19.4. The van der Waals surface area contributed by atoms with Crippen LogP contribution in [0.1, 0.15) is 38.2 Å². The van der Waals surface area contributed by atoms with Crippen LogP contribution in [0.3, 0.4) is 0 Å². The van der Waals surface area contributed by atoms with Crippen molar-refractivity contribution in [3.63, 3.8) is 0 Å². The lowest BCUT2D eigenvalue weighted by Crippen LogP contribution is -2.44. The highest BCUT2D eigenvalue weighted by atomic mass is 32.2. The highest BCUT2D eigenvalue weighted by Crippen LogP contribution is 2.40. The lowest BCUT2D eigenvalue weighted by atomic mass is 9.85. The first-order chi connectivity index (χ1) is 15.2. The number of carbonyl (C=O) groups is 1. The van der Waals surface area contributed by atoms with Crippen LogP contribution in [-0.4, -0.2) is 28.6 Å². The number of aliphatic imine (C=N–C) groups is 1. The second kappa shape index (κ2) is 9.84. The fourth-order valence-corrected chi connectivity index (χ4v) is 5.17. The van der Waals surface area contributed by atoms with Crippen LogP contribution in [0.15, 0.2) is 64.5 Å². The van der Waals surface area contributed by atoms with Crippen LogP contribution in [0.2, 0.25) is 0 Å². The number of rotatable bonds is 5. The van der Waals surface area contributed by atoms with Crippen molar-refractivity contribution in [2.24, 2.45) is 10.9 Å². The summed E-state index contributed by atoms with van der Waals surface area (Å²) < 4.78 is 5.54. The molecule has 5 nitrogen and oxygen atoms in total. The highest BCUT2D eigenvalue weighted by molar-refractivity contribution is 8.18. The largest absolute Gasteiger partial charge is 0.478 e. The maximum Gasteiger partial charge on any atom is 0.267 e. The van der Waals surface area contributed by atoms with Gasteiger partial charge in [0.15, 0.2) is 11.8 Å². The maximum absolute atomic E-state index is 13.5. The quantitative estimate of drug-likeness (QED) is 0.564. The Bertz CT molecular complexity index is 1040. The number of thioether (sulfide) groups is 1. The topological polar surface area (TPSA) is 65.7 Å². The molecule has 1 heterocycles. The Hall–Kier alpha value is -3.04. The summed E-state index contributed by atoms with van der Waals surface area (Å²) in [5, 5.41) is 9.59. The van der Waals surface area contributed by atoms with E-state index in [-0.39, 0.29) is 18.6 Å². The number of hydrogen-bond donors (Lipinski definition) is 0. The normalized spacial score (nSPS) is 23.9. The number of amidine groups is 1. The van der Waals surface area contributed by atoms with Crippen molar-refractivity contribution in [3.05, 3.63) is 65.1 Å². The number of benzene rings is 2. The summed E-state index contributed by atoms with van der Waals surface area (Å²) >= 11 is 1.41. The van der Waals surface area contributed by atoms with Crippen LogP contribution in [0.25, 0.3) is 6.08 Å². The average molecular weight is 432 g/mol. The third kappa shape index (κ3) is 4.83. The van der Waals surface area contributed by atoms with E-state index in [0.29, 0.717) is 16.6 Å². The molecule has 0 N–H and O–H groups in total. The molecule has 1 amide bonds. The number of hydrogen-bond acceptors (Lipinski definition) is 5. The fraction of sp³-hybridized carbons (Fsp3) is 0.320. The van der Waals surface area contributed by atoms with E-state index in [2.05, 4.69) is 6.92 Å². The highest BCUT2D eigenvalue weighted by Gasteiger charge is 2.41. The number of nitrogens with zero attached hydrogens (tertiary/aromatic N) is 3. The number of nitriles is 1. The molecule has 4 rings (SSSR count). The Balaban J connectivity index is 1.71. The van der Waals surface area contributed by atoms with Gasteiger partial charge in [0, 0.05) is 11.6 Å². The molecule has 6 heteroatoms. The van der Waals surface area contributed by atoms with Crippen LogP contribution in [0, 0.1) is 17.2 Å².